The lowest BCUT2D eigenvalue weighted by atomic mass is 10.0. The Balaban J connectivity index is 1.67. The number of hydrogen-bond donors (Lipinski definition) is 2. The number of nitrogens with zero attached hydrogens (tertiary/aromatic N) is 1. The summed E-state index contributed by atoms with van der Waals surface area (Å²) in [6.45, 7) is 5.80. The normalized spacial score (nSPS) is 19.2. The number of carbonyl (C=O) groups excluding carboxylic acids is 1. The number of piperidine rings is 1. The summed E-state index contributed by atoms with van der Waals surface area (Å²) < 4.78 is 22.4. The summed E-state index contributed by atoms with van der Waals surface area (Å²) in [5.41, 5.74) is 0.965. The topological polar surface area (TPSA) is 92.5 Å². The van der Waals surface area contributed by atoms with Crippen LogP contribution in [0.3, 0.4) is 0 Å². The van der Waals surface area contributed by atoms with Crippen LogP contribution in [-0.2, 0) is 21.2 Å². The van der Waals surface area contributed by atoms with Gasteiger partial charge < -0.3 is 10.2 Å². The van der Waals surface area contributed by atoms with Crippen LogP contribution in [0.2, 0.25) is 0 Å². The van der Waals surface area contributed by atoms with Crippen LogP contribution in [0.25, 0.3) is 0 Å². The van der Waals surface area contributed by atoms with E-state index < -0.39 is 10.0 Å². The third kappa shape index (κ3) is 6.22. The Morgan fingerprint density at radius 1 is 1.33 bits per heavy atom. The van der Waals surface area contributed by atoms with Gasteiger partial charge in [-0.15, -0.1) is 0 Å². The average molecular weight is 353 g/mol. The summed E-state index contributed by atoms with van der Waals surface area (Å²) in [5, 5.41) is 7.98. The van der Waals surface area contributed by atoms with Gasteiger partial charge in [0, 0.05) is 26.1 Å². The van der Waals surface area contributed by atoms with Crippen LogP contribution in [-0.4, -0.2) is 45.4 Å². The molecule has 3 N–H and O–H groups in total. The van der Waals surface area contributed by atoms with Gasteiger partial charge >= 0.3 is 0 Å². The lowest BCUT2D eigenvalue weighted by Crippen LogP contribution is -2.37. The second-order valence-corrected chi connectivity index (χ2v) is 8.15. The molecule has 1 amide bonds. The number of rotatable bonds is 7. The molecule has 0 spiro atoms. The van der Waals surface area contributed by atoms with Crippen molar-refractivity contribution in [2.45, 2.75) is 37.5 Å². The lowest BCUT2D eigenvalue weighted by Gasteiger charge is -2.30. The molecular formula is C17H27N3O3S. The van der Waals surface area contributed by atoms with Crippen molar-refractivity contribution < 1.29 is 13.2 Å². The maximum atomic E-state index is 11.9. The van der Waals surface area contributed by atoms with Gasteiger partial charge in [-0.2, -0.15) is 0 Å². The van der Waals surface area contributed by atoms with Gasteiger partial charge in [0.2, 0.25) is 15.9 Å². The van der Waals surface area contributed by atoms with E-state index in [-0.39, 0.29) is 10.8 Å². The first-order valence-corrected chi connectivity index (χ1v) is 10.00. The minimum atomic E-state index is -3.65. The van der Waals surface area contributed by atoms with E-state index in [1.807, 2.05) is 0 Å². The smallest absolute Gasteiger partial charge is 0.238 e. The maximum absolute atomic E-state index is 11.9. The van der Waals surface area contributed by atoms with E-state index in [1.165, 1.54) is 25.0 Å². The zero-order valence-corrected chi connectivity index (χ0v) is 15.0. The molecule has 6 nitrogen and oxygen atoms in total. The Bertz CT molecular complexity index is 644. The van der Waals surface area contributed by atoms with Gasteiger partial charge in [0.25, 0.3) is 0 Å². The number of amides is 1. The number of hydrogen-bond acceptors (Lipinski definition) is 4. The van der Waals surface area contributed by atoms with Crippen molar-refractivity contribution in [2.24, 2.45) is 11.1 Å². The Morgan fingerprint density at radius 2 is 2.04 bits per heavy atom. The molecule has 24 heavy (non-hydrogen) atoms. The van der Waals surface area contributed by atoms with Crippen molar-refractivity contribution in [1.82, 2.24) is 10.2 Å². The highest BCUT2D eigenvalue weighted by atomic mass is 32.2. The highest BCUT2D eigenvalue weighted by molar-refractivity contribution is 7.89. The Kier molecular flexibility index (Phi) is 6.77. The molecule has 1 fully saturated rings. The first kappa shape index (κ1) is 18.9. The molecule has 1 unspecified atom stereocenters. The predicted octanol–water partition coefficient (Wildman–Crippen LogP) is 1.11. The van der Waals surface area contributed by atoms with Crippen molar-refractivity contribution in [1.29, 1.82) is 0 Å². The van der Waals surface area contributed by atoms with E-state index >= 15 is 0 Å². The molecule has 134 valence electrons. The van der Waals surface area contributed by atoms with Crippen LogP contribution >= 0.6 is 0 Å². The molecule has 1 aliphatic heterocycles. The minimum Gasteiger partial charge on any atom is -0.356 e. The lowest BCUT2D eigenvalue weighted by molar-refractivity contribution is -0.121. The summed E-state index contributed by atoms with van der Waals surface area (Å²) in [5.74, 6) is 0.788. The number of benzene rings is 1. The van der Waals surface area contributed by atoms with Crippen molar-refractivity contribution >= 4 is 15.9 Å². The summed E-state index contributed by atoms with van der Waals surface area (Å²) >= 11 is 0. The molecule has 1 heterocycles. The first-order valence-electron chi connectivity index (χ1n) is 8.45. The zero-order chi connectivity index (χ0) is 17.6. The molecule has 0 aliphatic carbocycles. The van der Waals surface area contributed by atoms with E-state index in [4.69, 9.17) is 5.14 Å². The Labute approximate surface area is 144 Å². The molecule has 7 heteroatoms. The van der Waals surface area contributed by atoms with E-state index in [0.717, 1.165) is 31.1 Å². The van der Waals surface area contributed by atoms with Crippen molar-refractivity contribution in [2.75, 3.05) is 26.2 Å². The highest BCUT2D eigenvalue weighted by Crippen LogP contribution is 2.15. The van der Waals surface area contributed by atoms with Crippen molar-refractivity contribution in [3.63, 3.8) is 0 Å². The Hall–Kier alpha value is -1.44. The zero-order valence-electron chi connectivity index (χ0n) is 14.2. The summed E-state index contributed by atoms with van der Waals surface area (Å²) in [4.78, 5) is 14.4. The fraction of sp³-hybridized carbons (Fsp3) is 0.588. The van der Waals surface area contributed by atoms with Gasteiger partial charge in [-0.1, -0.05) is 19.1 Å². The fourth-order valence-corrected chi connectivity index (χ4v) is 3.55. The predicted molar refractivity (Wildman–Crippen MR) is 94.0 cm³/mol. The van der Waals surface area contributed by atoms with Gasteiger partial charge in [-0.05, 0) is 49.4 Å². The van der Waals surface area contributed by atoms with Crippen LogP contribution in [0.15, 0.2) is 29.2 Å². The van der Waals surface area contributed by atoms with E-state index in [9.17, 15) is 13.2 Å². The second-order valence-electron chi connectivity index (χ2n) is 6.59. The van der Waals surface area contributed by atoms with Gasteiger partial charge in [0.05, 0.1) is 4.90 Å². The first-order chi connectivity index (χ1) is 11.3. The van der Waals surface area contributed by atoms with Gasteiger partial charge in [-0.3, -0.25) is 4.79 Å². The van der Waals surface area contributed by atoms with Crippen LogP contribution in [0.4, 0.5) is 0 Å². The van der Waals surface area contributed by atoms with Crippen LogP contribution in [0, 0.1) is 5.92 Å². The second kappa shape index (κ2) is 8.60. The van der Waals surface area contributed by atoms with Crippen LogP contribution in [0.5, 0.6) is 0 Å². The standard InChI is InChI=1S/C17H27N3O3S/c1-14-3-2-11-20(13-14)12-9-17(21)19-10-8-15-4-6-16(7-5-15)24(18,22)23/h4-7,14H,2-3,8-13H2,1H3,(H,19,21)(H2,18,22,23). The average Bonchev–Trinajstić information content (AvgIpc) is 2.53. The molecule has 1 aliphatic rings. The molecule has 1 atom stereocenters. The van der Waals surface area contributed by atoms with Crippen molar-refractivity contribution in [3.05, 3.63) is 29.8 Å². The number of nitrogens with two attached hydrogens (primary N) is 1. The number of sulfonamides is 1. The van der Waals surface area contributed by atoms with Gasteiger partial charge in [0.15, 0.2) is 0 Å². The number of carbonyl (C=O) groups is 1. The summed E-state index contributed by atoms with van der Waals surface area (Å²) in [6.07, 6.45) is 3.69. The molecule has 1 aromatic carbocycles. The van der Waals surface area contributed by atoms with Crippen LogP contribution in [0.1, 0.15) is 31.7 Å². The molecule has 0 radical (unpaired) electrons. The molecule has 0 saturated carbocycles. The third-order valence-electron chi connectivity index (χ3n) is 4.38. The quantitative estimate of drug-likeness (QED) is 0.768. The summed E-state index contributed by atoms with van der Waals surface area (Å²) in [7, 11) is -3.65. The maximum Gasteiger partial charge on any atom is 0.238 e. The Morgan fingerprint density at radius 3 is 2.67 bits per heavy atom. The van der Waals surface area contributed by atoms with Crippen molar-refractivity contribution in [3.8, 4) is 0 Å². The van der Waals surface area contributed by atoms with Gasteiger partial charge in [-0.25, -0.2) is 13.6 Å². The largest absolute Gasteiger partial charge is 0.356 e. The third-order valence-corrected chi connectivity index (χ3v) is 5.31. The summed E-state index contributed by atoms with van der Waals surface area (Å²) in [6, 6.07) is 6.43. The number of primary sulfonamides is 1. The fourth-order valence-electron chi connectivity index (χ4n) is 3.03. The number of nitrogens with one attached hydrogen (secondary N) is 1. The number of likely N-dealkylation sites (tertiary alicyclic amines) is 1. The van der Waals surface area contributed by atoms with E-state index in [1.54, 1.807) is 12.1 Å². The van der Waals surface area contributed by atoms with Gasteiger partial charge in [0.1, 0.15) is 0 Å². The molecular weight excluding hydrogens is 326 g/mol. The molecule has 0 bridgehead atoms. The van der Waals surface area contributed by atoms with Crippen LogP contribution < -0.4 is 10.5 Å². The van der Waals surface area contributed by atoms with E-state index in [0.29, 0.717) is 19.4 Å². The minimum absolute atomic E-state index is 0.0642. The SMILES string of the molecule is CC1CCCN(CCC(=O)NCCc2ccc(S(N)(=O)=O)cc2)C1. The highest BCUT2D eigenvalue weighted by Gasteiger charge is 2.16. The molecule has 1 saturated heterocycles. The molecule has 0 aromatic heterocycles. The monoisotopic (exact) mass is 353 g/mol. The molecule has 2 rings (SSSR count). The molecule has 1 aromatic rings. The van der Waals surface area contributed by atoms with E-state index in [2.05, 4.69) is 17.1 Å².